The first-order chi connectivity index (χ1) is 7.27. The van der Waals surface area contributed by atoms with Crippen LogP contribution in [0.15, 0.2) is 24.3 Å². The lowest BCUT2D eigenvalue weighted by atomic mass is 10.1. The van der Waals surface area contributed by atoms with Crippen LogP contribution < -0.4 is 5.32 Å². The Hall–Kier alpha value is -1.82. The minimum absolute atomic E-state index is 0.0996. The molecule has 0 aliphatic rings. The molecule has 0 saturated carbocycles. The molecule has 0 aliphatic heterocycles. The van der Waals surface area contributed by atoms with Gasteiger partial charge in [-0.1, -0.05) is 25.1 Å². The summed E-state index contributed by atoms with van der Waals surface area (Å²) >= 11 is 0. The summed E-state index contributed by atoms with van der Waals surface area (Å²) in [7, 11) is 0. The Bertz CT molecular complexity index is 379. The minimum atomic E-state index is -0.0996. The number of nitrogens with one attached hydrogen (secondary N) is 1. The largest absolute Gasteiger partial charge is 0.326 e. The van der Waals surface area contributed by atoms with Gasteiger partial charge in [0.25, 0.3) is 0 Å². The van der Waals surface area contributed by atoms with Crippen LogP contribution in [0.2, 0.25) is 0 Å². The summed E-state index contributed by atoms with van der Waals surface area (Å²) in [5.74, 6) is -0.0996. The van der Waals surface area contributed by atoms with Gasteiger partial charge in [0.05, 0.1) is 6.07 Å². The molecule has 0 unspecified atom stereocenters. The summed E-state index contributed by atoms with van der Waals surface area (Å²) in [4.78, 5) is 11.4. The average Bonchev–Trinajstić information content (AvgIpc) is 2.27. The Kier molecular flexibility index (Phi) is 4.36. The molecule has 0 spiro atoms. The lowest BCUT2D eigenvalue weighted by Gasteiger charge is -2.08. The molecule has 3 heteroatoms. The fourth-order valence-corrected chi connectivity index (χ4v) is 1.33. The Morgan fingerprint density at radius 3 is 2.87 bits per heavy atom. The Morgan fingerprint density at radius 1 is 1.47 bits per heavy atom. The van der Waals surface area contributed by atoms with Crippen LogP contribution in [0.1, 0.15) is 25.3 Å². The van der Waals surface area contributed by atoms with Gasteiger partial charge in [0, 0.05) is 18.5 Å². The van der Waals surface area contributed by atoms with E-state index < -0.39 is 0 Å². The van der Waals surface area contributed by atoms with Crippen molar-refractivity contribution in [3.8, 4) is 6.07 Å². The van der Waals surface area contributed by atoms with Gasteiger partial charge in [0.15, 0.2) is 0 Å². The van der Waals surface area contributed by atoms with Crippen molar-refractivity contribution in [3.05, 3.63) is 29.8 Å². The van der Waals surface area contributed by atoms with Crippen LogP contribution in [0.3, 0.4) is 0 Å². The molecule has 1 aromatic carbocycles. The van der Waals surface area contributed by atoms with Crippen molar-refractivity contribution in [2.24, 2.45) is 0 Å². The summed E-state index contributed by atoms with van der Waals surface area (Å²) in [6.07, 6.45) is 1.41. The number of hydrogen-bond acceptors (Lipinski definition) is 2. The summed E-state index contributed by atoms with van der Waals surface area (Å²) in [6, 6.07) is 9.65. The van der Waals surface area contributed by atoms with Crippen molar-refractivity contribution in [1.29, 1.82) is 5.26 Å². The molecular weight excluding hydrogens is 188 g/mol. The molecule has 78 valence electrons. The number of para-hydroxylation sites is 1. The van der Waals surface area contributed by atoms with Gasteiger partial charge in [-0.25, -0.2) is 0 Å². The minimum Gasteiger partial charge on any atom is -0.326 e. The highest BCUT2D eigenvalue weighted by atomic mass is 16.1. The molecule has 0 radical (unpaired) electrons. The van der Waals surface area contributed by atoms with E-state index in [9.17, 15) is 4.79 Å². The van der Waals surface area contributed by atoms with Crippen LogP contribution in [0.4, 0.5) is 5.69 Å². The van der Waals surface area contributed by atoms with Crippen LogP contribution in [0.5, 0.6) is 0 Å². The number of anilines is 1. The highest BCUT2D eigenvalue weighted by Gasteiger charge is 2.04. The van der Waals surface area contributed by atoms with E-state index in [-0.39, 0.29) is 18.7 Å². The van der Waals surface area contributed by atoms with Crippen molar-refractivity contribution in [3.63, 3.8) is 0 Å². The number of hydrogen-bond donors (Lipinski definition) is 1. The van der Waals surface area contributed by atoms with Crippen LogP contribution in [-0.4, -0.2) is 5.91 Å². The van der Waals surface area contributed by atoms with Gasteiger partial charge in [0.2, 0.25) is 5.91 Å². The van der Waals surface area contributed by atoms with Crippen molar-refractivity contribution in [2.75, 3.05) is 5.32 Å². The fraction of sp³-hybridized carbons (Fsp3) is 0.333. The predicted octanol–water partition coefficient (Wildman–Crippen LogP) is 2.49. The third-order valence-corrected chi connectivity index (χ3v) is 2.14. The summed E-state index contributed by atoms with van der Waals surface area (Å²) in [5, 5.41) is 11.2. The monoisotopic (exact) mass is 202 g/mol. The summed E-state index contributed by atoms with van der Waals surface area (Å²) < 4.78 is 0. The molecule has 0 atom stereocenters. The Labute approximate surface area is 89.7 Å². The number of amides is 1. The normalized spacial score (nSPS) is 9.33. The molecule has 15 heavy (non-hydrogen) atoms. The zero-order valence-corrected chi connectivity index (χ0v) is 8.79. The Morgan fingerprint density at radius 2 is 2.20 bits per heavy atom. The number of carbonyl (C=O) groups is 1. The molecule has 0 bridgehead atoms. The maximum atomic E-state index is 11.4. The molecule has 1 rings (SSSR count). The van der Waals surface area contributed by atoms with E-state index in [1.807, 2.05) is 37.3 Å². The first-order valence-corrected chi connectivity index (χ1v) is 5.02. The maximum Gasteiger partial charge on any atom is 0.225 e. The van der Waals surface area contributed by atoms with E-state index in [2.05, 4.69) is 5.32 Å². The maximum absolute atomic E-state index is 11.4. The number of benzene rings is 1. The Balaban J connectivity index is 2.64. The van der Waals surface area contributed by atoms with Gasteiger partial charge in [0.1, 0.15) is 0 Å². The van der Waals surface area contributed by atoms with Gasteiger partial charge in [-0.2, -0.15) is 5.26 Å². The number of carbonyl (C=O) groups excluding carboxylic acids is 1. The first kappa shape index (κ1) is 11.3. The van der Waals surface area contributed by atoms with Gasteiger partial charge in [-0.05, 0) is 18.1 Å². The number of nitriles is 1. The highest BCUT2D eigenvalue weighted by molar-refractivity contribution is 5.91. The fourth-order valence-electron chi connectivity index (χ4n) is 1.33. The van der Waals surface area contributed by atoms with Crippen molar-refractivity contribution < 1.29 is 4.79 Å². The summed E-state index contributed by atoms with van der Waals surface area (Å²) in [6.45, 7) is 2.04. The lowest BCUT2D eigenvalue weighted by molar-refractivity contribution is -0.116. The third-order valence-electron chi connectivity index (χ3n) is 2.14. The summed E-state index contributed by atoms with van der Waals surface area (Å²) in [5.41, 5.74) is 1.96. The zero-order valence-electron chi connectivity index (χ0n) is 8.79. The first-order valence-electron chi connectivity index (χ1n) is 5.02. The molecule has 0 aliphatic carbocycles. The molecule has 1 N–H and O–H groups in total. The quantitative estimate of drug-likeness (QED) is 0.815. The topological polar surface area (TPSA) is 52.9 Å². The second kappa shape index (κ2) is 5.82. The molecule has 0 saturated heterocycles. The molecule has 3 nitrogen and oxygen atoms in total. The van der Waals surface area contributed by atoms with Gasteiger partial charge < -0.3 is 5.32 Å². The second-order valence-electron chi connectivity index (χ2n) is 3.22. The van der Waals surface area contributed by atoms with E-state index in [4.69, 9.17) is 5.26 Å². The molecule has 1 aromatic rings. The number of nitrogens with zero attached hydrogens (tertiary/aromatic N) is 1. The lowest BCUT2D eigenvalue weighted by Crippen LogP contribution is -2.12. The van der Waals surface area contributed by atoms with E-state index in [0.717, 1.165) is 17.7 Å². The predicted molar refractivity (Wildman–Crippen MR) is 59.3 cm³/mol. The van der Waals surface area contributed by atoms with Crippen LogP contribution in [-0.2, 0) is 11.2 Å². The molecule has 0 heterocycles. The standard InChI is InChI=1S/C12H14N2O/c1-2-10-6-3-4-7-11(10)14-12(15)8-5-9-13/h3-4,6-7H,2,5,8H2,1H3,(H,14,15). The molecule has 0 fully saturated rings. The van der Waals surface area contributed by atoms with Crippen molar-refractivity contribution in [2.45, 2.75) is 26.2 Å². The highest BCUT2D eigenvalue weighted by Crippen LogP contribution is 2.15. The van der Waals surface area contributed by atoms with Gasteiger partial charge >= 0.3 is 0 Å². The molecule has 0 aromatic heterocycles. The average molecular weight is 202 g/mol. The van der Waals surface area contributed by atoms with E-state index >= 15 is 0 Å². The van der Waals surface area contributed by atoms with Crippen LogP contribution in [0, 0.1) is 11.3 Å². The molecule has 1 amide bonds. The SMILES string of the molecule is CCc1ccccc1NC(=O)CCC#N. The van der Waals surface area contributed by atoms with Gasteiger partial charge in [-0.3, -0.25) is 4.79 Å². The number of aryl methyl sites for hydroxylation is 1. The molecular formula is C12H14N2O. The van der Waals surface area contributed by atoms with Crippen LogP contribution >= 0.6 is 0 Å². The van der Waals surface area contributed by atoms with Crippen LogP contribution in [0.25, 0.3) is 0 Å². The smallest absolute Gasteiger partial charge is 0.225 e. The van der Waals surface area contributed by atoms with Crippen molar-refractivity contribution in [1.82, 2.24) is 0 Å². The third kappa shape index (κ3) is 3.43. The zero-order chi connectivity index (χ0) is 11.1. The van der Waals surface area contributed by atoms with E-state index in [0.29, 0.717) is 0 Å². The van der Waals surface area contributed by atoms with E-state index in [1.165, 1.54) is 0 Å². The number of rotatable bonds is 4. The van der Waals surface area contributed by atoms with E-state index in [1.54, 1.807) is 0 Å². The second-order valence-corrected chi connectivity index (χ2v) is 3.22. The van der Waals surface area contributed by atoms with Gasteiger partial charge in [-0.15, -0.1) is 0 Å². The van der Waals surface area contributed by atoms with Crippen molar-refractivity contribution >= 4 is 11.6 Å².